The summed E-state index contributed by atoms with van der Waals surface area (Å²) in [6.07, 6.45) is 0.133. The summed E-state index contributed by atoms with van der Waals surface area (Å²) in [5.74, 6) is 0. The molecule has 0 aromatic heterocycles. The van der Waals surface area contributed by atoms with Crippen molar-refractivity contribution in [1.82, 2.24) is 21.5 Å². The quantitative estimate of drug-likeness (QED) is 0.692. The number of halogens is 1. The third kappa shape index (κ3) is 1.97. The van der Waals surface area contributed by atoms with Crippen molar-refractivity contribution >= 4 is 15.9 Å². The molecular weight excluding hydrogens is 244 g/mol. The standard InChI is InChI=1S/C9H13BrN4/c1-14-12-9(11-13-14)8-5-3-2-4-7(8)6-10/h2-5,9,11-13H,6H2,1H3. The van der Waals surface area contributed by atoms with Crippen LogP contribution in [0.3, 0.4) is 0 Å². The molecule has 1 fully saturated rings. The lowest BCUT2D eigenvalue weighted by atomic mass is 10.1. The van der Waals surface area contributed by atoms with Crippen LogP contribution in [0.2, 0.25) is 0 Å². The Hall–Kier alpha value is -0.460. The molecule has 4 nitrogen and oxygen atoms in total. The molecule has 1 aromatic carbocycles. The zero-order valence-electron chi connectivity index (χ0n) is 7.92. The van der Waals surface area contributed by atoms with Crippen LogP contribution < -0.4 is 16.4 Å². The lowest BCUT2D eigenvalue weighted by Crippen LogP contribution is -2.35. The van der Waals surface area contributed by atoms with Gasteiger partial charge in [0, 0.05) is 12.4 Å². The van der Waals surface area contributed by atoms with E-state index in [-0.39, 0.29) is 6.17 Å². The van der Waals surface area contributed by atoms with Crippen molar-refractivity contribution in [1.29, 1.82) is 0 Å². The van der Waals surface area contributed by atoms with Crippen molar-refractivity contribution in [3.63, 3.8) is 0 Å². The van der Waals surface area contributed by atoms with Gasteiger partial charge >= 0.3 is 0 Å². The molecule has 1 aliphatic heterocycles. The van der Waals surface area contributed by atoms with Crippen LogP contribution in [0.1, 0.15) is 17.3 Å². The van der Waals surface area contributed by atoms with Crippen molar-refractivity contribution in [3.05, 3.63) is 35.4 Å². The lowest BCUT2D eigenvalue weighted by molar-refractivity contribution is 0.215. The molecule has 3 N–H and O–H groups in total. The predicted octanol–water partition coefficient (Wildman–Crippen LogP) is 1.04. The first-order valence-corrected chi connectivity index (χ1v) is 5.58. The Morgan fingerprint density at radius 3 is 2.86 bits per heavy atom. The van der Waals surface area contributed by atoms with Gasteiger partial charge in [-0.25, -0.2) is 10.9 Å². The second-order valence-electron chi connectivity index (χ2n) is 3.21. The fourth-order valence-electron chi connectivity index (χ4n) is 1.50. The van der Waals surface area contributed by atoms with Gasteiger partial charge in [-0.15, -0.1) is 0 Å². The minimum atomic E-state index is 0.133. The van der Waals surface area contributed by atoms with E-state index in [9.17, 15) is 0 Å². The number of rotatable bonds is 2. The lowest BCUT2D eigenvalue weighted by Gasteiger charge is -2.13. The van der Waals surface area contributed by atoms with Crippen molar-refractivity contribution in [2.75, 3.05) is 7.05 Å². The SMILES string of the molecule is CN1NNC(c2ccccc2CBr)N1. The van der Waals surface area contributed by atoms with E-state index in [1.165, 1.54) is 11.1 Å². The molecule has 0 spiro atoms. The van der Waals surface area contributed by atoms with Gasteiger partial charge < -0.3 is 0 Å². The van der Waals surface area contributed by atoms with Crippen molar-refractivity contribution < 1.29 is 0 Å². The summed E-state index contributed by atoms with van der Waals surface area (Å²) in [6, 6.07) is 8.32. The second-order valence-corrected chi connectivity index (χ2v) is 3.77. The zero-order valence-corrected chi connectivity index (χ0v) is 9.51. The summed E-state index contributed by atoms with van der Waals surface area (Å²) in [7, 11) is 1.92. The molecule has 1 aliphatic rings. The first-order valence-electron chi connectivity index (χ1n) is 4.46. The molecule has 76 valence electrons. The van der Waals surface area contributed by atoms with Gasteiger partial charge in [0.25, 0.3) is 0 Å². The minimum Gasteiger partial charge on any atom is -0.220 e. The fourth-order valence-corrected chi connectivity index (χ4v) is 2.02. The van der Waals surface area contributed by atoms with Gasteiger partial charge in [0.2, 0.25) is 0 Å². The van der Waals surface area contributed by atoms with Gasteiger partial charge in [-0.2, -0.15) is 10.7 Å². The molecular formula is C9H13BrN4. The highest BCUT2D eigenvalue weighted by atomic mass is 79.9. The highest BCUT2D eigenvalue weighted by molar-refractivity contribution is 9.08. The normalized spacial score (nSPS) is 22.9. The maximum Gasteiger partial charge on any atom is 0.112 e. The first-order chi connectivity index (χ1) is 6.81. The molecule has 0 radical (unpaired) electrons. The third-order valence-electron chi connectivity index (χ3n) is 2.21. The van der Waals surface area contributed by atoms with Crippen LogP contribution in [0, 0.1) is 0 Å². The highest BCUT2D eigenvalue weighted by Gasteiger charge is 2.20. The molecule has 1 saturated heterocycles. The molecule has 0 bridgehead atoms. The van der Waals surface area contributed by atoms with Crippen LogP contribution in [0.4, 0.5) is 0 Å². The number of hydrogen-bond donors (Lipinski definition) is 3. The molecule has 1 atom stereocenters. The van der Waals surface area contributed by atoms with Crippen molar-refractivity contribution in [2.45, 2.75) is 11.5 Å². The minimum absolute atomic E-state index is 0.133. The Morgan fingerprint density at radius 2 is 2.21 bits per heavy atom. The summed E-state index contributed by atoms with van der Waals surface area (Å²) in [5, 5.41) is 2.67. The van der Waals surface area contributed by atoms with E-state index in [4.69, 9.17) is 0 Å². The summed E-state index contributed by atoms with van der Waals surface area (Å²) >= 11 is 3.48. The van der Waals surface area contributed by atoms with Gasteiger partial charge in [-0.3, -0.25) is 0 Å². The zero-order chi connectivity index (χ0) is 9.97. The van der Waals surface area contributed by atoms with Crippen LogP contribution in [0.15, 0.2) is 24.3 Å². The molecule has 14 heavy (non-hydrogen) atoms. The van der Waals surface area contributed by atoms with E-state index in [0.717, 1.165) is 5.33 Å². The average Bonchev–Trinajstić information content (AvgIpc) is 2.65. The van der Waals surface area contributed by atoms with Crippen molar-refractivity contribution in [2.24, 2.45) is 0 Å². The predicted molar refractivity (Wildman–Crippen MR) is 59.0 cm³/mol. The molecule has 1 aromatic rings. The van der Waals surface area contributed by atoms with E-state index < -0.39 is 0 Å². The topological polar surface area (TPSA) is 39.3 Å². The molecule has 0 aliphatic carbocycles. The molecule has 1 heterocycles. The molecule has 1 unspecified atom stereocenters. The van der Waals surface area contributed by atoms with Crippen molar-refractivity contribution in [3.8, 4) is 0 Å². The fraction of sp³-hybridized carbons (Fsp3) is 0.333. The average molecular weight is 257 g/mol. The first kappa shape index (κ1) is 10.1. The summed E-state index contributed by atoms with van der Waals surface area (Å²) in [6.45, 7) is 0. The molecule has 0 amide bonds. The maximum absolute atomic E-state index is 3.48. The molecule has 5 heteroatoms. The van der Waals surface area contributed by atoms with Gasteiger partial charge in [-0.05, 0) is 11.1 Å². The third-order valence-corrected chi connectivity index (χ3v) is 2.81. The second kappa shape index (κ2) is 4.37. The van der Waals surface area contributed by atoms with Crippen LogP contribution in [-0.2, 0) is 5.33 Å². The van der Waals surface area contributed by atoms with Gasteiger partial charge in [-0.1, -0.05) is 40.2 Å². The van der Waals surface area contributed by atoms with E-state index in [1.807, 2.05) is 19.2 Å². The number of nitrogens with zero attached hydrogens (tertiary/aromatic N) is 1. The Bertz CT molecular complexity index is 317. The Labute approximate surface area is 91.7 Å². The number of hydrazine groups is 3. The summed E-state index contributed by atoms with van der Waals surface area (Å²) < 4.78 is 0. The van der Waals surface area contributed by atoms with Crippen LogP contribution in [0.25, 0.3) is 0 Å². The van der Waals surface area contributed by atoms with E-state index in [2.05, 4.69) is 44.4 Å². The van der Waals surface area contributed by atoms with Gasteiger partial charge in [0.05, 0.1) is 0 Å². The molecule has 0 saturated carbocycles. The largest absolute Gasteiger partial charge is 0.220 e. The number of alkyl halides is 1. The number of benzene rings is 1. The van der Waals surface area contributed by atoms with Gasteiger partial charge in [0.1, 0.15) is 6.17 Å². The Kier molecular flexibility index (Phi) is 3.15. The summed E-state index contributed by atoms with van der Waals surface area (Å²) in [4.78, 5) is 0. The monoisotopic (exact) mass is 256 g/mol. The Morgan fingerprint density at radius 1 is 1.43 bits per heavy atom. The molecule has 2 rings (SSSR count). The number of hydrogen-bond acceptors (Lipinski definition) is 4. The van der Waals surface area contributed by atoms with Crippen LogP contribution >= 0.6 is 15.9 Å². The van der Waals surface area contributed by atoms with Crippen LogP contribution in [0.5, 0.6) is 0 Å². The van der Waals surface area contributed by atoms with Crippen LogP contribution in [-0.4, -0.2) is 12.2 Å². The Balaban J connectivity index is 2.22. The highest BCUT2D eigenvalue weighted by Crippen LogP contribution is 2.19. The van der Waals surface area contributed by atoms with Gasteiger partial charge in [0.15, 0.2) is 0 Å². The van der Waals surface area contributed by atoms with E-state index >= 15 is 0 Å². The van der Waals surface area contributed by atoms with E-state index in [1.54, 1.807) is 5.12 Å². The number of nitrogens with one attached hydrogen (secondary N) is 3. The maximum atomic E-state index is 3.48. The smallest absolute Gasteiger partial charge is 0.112 e. The summed E-state index contributed by atoms with van der Waals surface area (Å²) in [5.41, 5.74) is 11.9. The van der Waals surface area contributed by atoms with E-state index in [0.29, 0.717) is 0 Å².